The molecule has 4 saturated carbocycles. The largest absolute Gasteiger partial charge is 1.00 e. The number of rotatable bonds is 22. The maximum absolute atomic E-state index is 14.5. The van der Waals surface area contributed by atoms with Gasteiger partial charge in [0.1, 0.15) is 82.7 Å². The van der Waals surface area contributed by atoms with Gasteiger partial charge in [-0.05, 0) is 99.3 Å². The van der Waals surface area contributed by atoms with Gasteiger partial charge in [0.2, 0.25) is 23.6 Å². The molecule has 6 fully saturated rings. The summed E-state index contributed by atoms with van der Waals surface area (Å²) >= 11 is 0. The van der Waals surface area contributed by atoms with Crippen molar-refractivity contribution in [2.75, 3.05) is 48.6 Å². The minimum absolute atomic E-state index is 0. The average Bonchev–Trinajstić information content (AvgIpc) is 1.58. The van der Waals surface area contributed by atoms with Gasteiger partial charge in [-0.15, -0.1) is 13.2 Å². The number of hydrogen-bond acceptors (Lipinski definition) is 22. The molecule has 6 amide bonds. The van der Waals surface area contributed by atoms with Crippen molar-refractivity contribution < 1.29 is 125 Å². The van der Waals surface area contributed by atoms with Crippen molar-refractivity contribution in [2.45, 2.75) is 178 Å². The van der Waals surface area contributed by atoms with Gasteiger partial charge in [-0.25, -0.2) is 33.9 Å². The van der Waals surface area contributed by atoms with Crippen molar-refractivity contribution in [3.05, 3.63) is 85.2 Å². The molecule has 2 aliphatic heterocycles. The van der Waals surface area contributed by atoms with Gasteiger partial charge < -0.3 is 83.6 Å². The van der Waals surface area contributed by atoms with E-state index in [0.717, 1.165) is 51.4 Å². The molecule has 0 spiro atoms. The summed E-state index contributed by atoms with van der Waals surface area (Å²) in [6.45, 7) is 18.2. The molecule has 2 aromatic carbocycles. The number of benzene rings is 2. The molecule has 10 rings (SSSR count). The van der Waals surface area contributed by atoms with Crippen molar-refractivity contribution in [1.29, 1.82) is 0 Å². The van der Waals surface area contributed by atoms with Gasteiger partial charge in [-0.1, -0.05) is 53.7 Å². The van der Waals surface area contributed by atoms with Crippen LogP contribution in [0.2, 0.25) is 0 Å². The predicted molar refractivity (Wildman–Crippen MR) is 354 cm³/mol. The number of amides is 6. The number of likely N-dealkylation sites (tertiary alicyclic amines) is 2. The molecule has 6 aliphatic rings. The minimum atomic E-state index is -1.52. The number of aromatic nitrogens is 2. The molecule has 29 heteroatoms. The first-order valence-electron chi connectivity index (χ1n) is 33.2. The molecular formula is C71H89N8NaO20. The van der Waals surface area contributed by atoms with Crippen LogP contribution in [-0.4, -0.2) is 188 Å². The molecule has 4 heterocycles. The molecule has 10 atom stereocenters. The topological polar surface area (TPSA) is 357 Å². The van der Waals surface area contributed by atoms with Crippen LogP contribution < -0.4 is 74.9 Å². The summed E-state index contributed by atoms with van der Waals surface area (Å²) in [6.07, 6.45) is 7.17. The number of aromatic carboxylic acids is 1. The zero-order valence-electron chi connectivity index (χ0n) is 58.8. The van der Waals surface area contributed by atoms with Crippen molar-refractivity contribution in [1.82, 2.24) is 41.0 Å². The van der Waals surface area contributed by atoms with Crippen LogP contribution in [0.15, 0.2) is 73.8 Å². The number of carbonyl (C=O) groups is 10. The molecule has 28 nitrogen and oxygen atoms in total. The number of alkyl carbamates (subject to hydrolysis) is 2. The number of carboxylic acids is 1. The van der Waals surface area contributed by atoms with Gasteiger partial charge in [-0.2, -0.15) is 0 Å². The fourth-order valence-corrected chi connectivity index (χ4v) is 13.4. The Morgan fingerprint density at radius 1 is 0.560 bits per heavy atom. The van der Waals surface area contributed by atoms with Crippen LogP contribution in [0.3, 0.4) is 0 Å². The molecule has 0 unspecified atom stereocenters. The average molecular weight is 1400 g/mol. The van der Waals surface area contributed by atoms with Crippen LogP contribution >= 0.6 is 0 Å². The zero-order valence-corrected chi connectivity index (χ0v) is 60.8. The van der Waals surface area contributed by atoms with Crippen molar-refractivity contribution >= 4 is 81.5 Å². The van der Waals surface area contributed by atoms with E-state index < -0.39 is 118 Å². The Balaban J connectivity index is 0.000000252. The normalized spacial score (nSPS) is 23.7. The zero-order chi connectivity index (χ0) is 72.1. The van der Waals surface area contributed by atoms with E-state index in [-0.39, 0.29) is 114 Å². The molecule has 2 saturated heterocycles. The van der Waals surface area contributed by atoms with Crippen LogP contribution in [0.25, 0.3) is 21.8 Å². The molecule has 0 radical (unpaired) electrons. The number of carboxylic acid groups (broad SMARTS) is 1. The summed E-state index contributed by atoms with van der Waals surface area (Å²) in [4.78, 5) is 144. The Morgan fingerprint density at radius 2 is 0.940 bits per heavy atom. The smallest absolute Gasteiger partial charge is 0.543 e. The number of fused-ring (bicyclic) bond motifs is 2. The third kappa shape index (κ3) is 17.2. The molecular weight excluding hydrogens is 1310 g/mol. The summed E-state index contributed by atoms with van der Waals surface area (Å²) in [7, 11) is 6.68. The van der Waals surface area contributed by atoms with Crippen molar-refractivity contribution in [2.24, 2.45) is 22.7 Å². The van der Waals surface area contributed by atoms with Crippen LogP contribution in [0.1, 0.15) is 140 Å². The van der Waals surface area contributed by atoms with Crippen LogP contribution in [-0.2, 0) is 52.5 Å². The van der Waals surface area contributed by atoms with Gasteiger partial charge in [0.25, 0.3) is 0 Å². The third-order valence-electron chi connectivity index (χ3n) is 19.1. The third-order valence-corrected chi connectivity index (χ3v) is 19.1. The fraction of sp³-hybridized carbons (Fsp3) is 0.549. The SMILES string of the molecule is C=C[C@@H]1C[C@]1(NC(=O)[C@@H]1C[C@@H](Oc2cc(C(=O)OC)nc3cc(OC)ccc23)CN1C(=O)[C@@H](NC(=O)OC1CCCC1)C(C)(C)C)C(=O)OC.C=C[C@@H]1C[C@]1(NC(=O)[C@@H]1C[C@@H](Oc2cc(C(=O)[O-])nc3cc(OC)ccc23)CN1C(=O)[C@@H](NC(=O)OC1CCCC1)C(C)(C)C)C(=O)OC.[Na+]. The van der Waals surface area contributed by atoms with E-state index in [1.54, 1.807) is 90.1 Å². The van der Waals surface area contributed by atoms with Crippen LogP contribution in [0, 0.1) is 22.7 Å². The molecule has 0 bridgehead atoms. The first-order chi connectivity index (χ1) is 46.9. The molecule has 100 heavy (non-hydrogen) atoms. The van der Waals surface area contributed by atoms with E-state index in [9.17, 15) is 53.1 Å². The second-order valence-corrected chi connectivity index (χ2v) is 28.0. The quantitative estimate of drug-likeness (QED) is 0.0380. The van der Waals surface area contributed by atoms with Crippen molar-refractivity contribution in [3.8, 4) is 23.0 Å². The second kappa shape index (κ2) is 31.8. The molecule has 4 aromatic rings. The number of carbonyl (C=O) groups excluding carboxylic acids is 10. The van der Waals surface area contributed by atoms with E-state index in [4.69, 9.17) is 42.6 Å². The first-order valence-corrected chi connectivity index (χ1v) is 33.2. The summed E-state index contributed by atoms with van der Waals surface area (Å²) in [5.74, 6) is -5.04. The first kappa shape index (κ1) is 77.0. The fourth-order valence-electron chi connectivity index (χ4n) is 13.4. The maximum Gasteiger partial charge on any atom is 1.00 e. The Morgan fingerprint density at radius 3 is 1.27 bits per heavy atom. The number of pyridine rings is 2. The number of esters is 3. The molecule has 4 aliphatic carbocycles. The molecule has 2 aromatic heterocycles. The number of hydrogen-bond donors (Lipinski definition) is 4. The van der Waals surface area contributed by atoms with Gasteiger partial charge in [-0.3, -0.25) is 19.2 Å². The van der Waals surface area contributed by atoms with Gasteiger partial charge in [0.15, 0.2) is 5.69 Å². The number of ether oxygens (including phenoxy) is 9. The number of nitrogens with one attached hydrogen (secondary N) is 4. The summed E-state index contributed by atoms with van der Waals surface area (Å²) < 4.78 is 49.5. The summed E-state index contributed by atoms with van der Waals surface area (Å²) in [5, 5.41) is 24.0. The summed E-state index contributed by atoms with van der Waals surface area (Å²) in [5.41, 5.74) is -3.90. The molecule has 4 N–H and O–H groups in total. The number of methoxy groups -OCH3 is 5. The maximum atomic E-state index is 14.5. The summed E-state index contributed by atoms with van der Waals surface area (Å²) in [6, 6.07) is 8.28. The van der Waals surface area contributed by atoms with Crippen LogP contribution in [0.4, 0.5) is 9.59 Å². The molecule has 534 valence electrons. The predicted octanol–water partition coefficient (Wildman–Crippen LogP) is 2.97. The Labute approximate surface area is 602 Å². The monoisotopic (exact) mass is 1400 g/mol. The second-order valence-electron chi connectivity index (χ2n) is 28.0. The Kier molecular flexibility index (Phi) is 24.5. The van der Waals surface area contributed by atoms with Gasteiger partial charge in [0.05, 0.1) is 71.3 Å². The van der Waals surface area contributed by atoms with E-state index in [0.29, 0.717) is 34.2 Å². The van der Waals surface area contributed by atoms with Crippen molar-refractivity contribution in [3.63, 3.8) is 0 Å². The Bertz CT molecular complexity index is 3810. The van der Waals surface area contributed by atoms with Gasteiger partial charge >= 0.3 is 59.7 Å². The van der Waals surface area contributed by atoms with Crippen LogP contribution in [0.5, 0.6) is 23.0 Å². The minimum Gasteiger partial charge on any atom is -0.543 e. The van der Waals surface area contributed by atoms with E-state index in [1.165, 1.54) is 57.5 Å². The Hall–Kier alpha value is -8.76. The van der Waals surface area contributed by atoms with E-state index in [1.807, 2.05) is 0 Å². The number of nitrogens with zero attached hydrogens (tertiary/aromatic N) is 4. The standard InChI is InChI=1S/C36H46N4O10.C35H44N4O10.Na/c1-8-20-18-36(20,33(44)48-7)39-30(41)27-16-23(49-28-17-26(32(43)47-6)37-25-15-22(46-5)13-14-24(25)28)19-40(27)31(42)29(35(2,3)4)38-34(45)50-21-11-9-10-12-21;1-7-19-17-35(19,32(44)47-6)38-29(40)26-15-22(48-27-16-25(31(42)43)36-24-14-21(46-5)12-13-23(24)27)18-39(26)30(41)28(34(2,3)4)37-33(45)49-20-10-8-9-11-20;/h8,13-15,17,20-21,23,27,29H,1,9-12,16,18-19H2,2-7H3,(H,38,45)(H,39,41);7,12-14,16,19-20,22,26,28H,1,8-11,15,17-18H2,2-6H3,(H,37,45)(H,38,40)(H,42,43);/q;;+1/p-1/t20-,23-,27+,29-,36-;19-,22-,26+,28-,35-;/m11./s1. The van der Waals surface area contributed by atoms with E-state index >= 15 is 0 Å². The van der Waals surface area contributed by atoms with E-state index in [2.05, 4.69) is 44.4 Å². The van der Waals surface area contributed by atoms with Gasteiger partial charge in [0, 0.05) is 59.7 Å².